The molecule has 1 fully saturated rings. The predicted molar refractivity (Wildman–Crippen MR) is 109 cm³/mol. The molecule has 0 radical (unpaired) electrons. The molecule has 27 heavy (non-hydrogen) atoms. The predicted octanol–water partition coefficient (Wildman–Crippen LogP) is 5.64. The van der Waals surface area contributed by atoms with E-state index < -0.39 is 5.60 Å². The summed E-state index contributed by atoms with van der Waals surface area (Å²) in [5, 5.41) is 0.898. The van der Waals surface area contributed by atoms with Crippen molar-refractivity contribution in [2.75, 3.05) is 27.3 Å². The van der Waals surface area contributed by atoms with Crippen LogP contribution in [-0.4, -0.2) is 43.9 Å². The summed E-state index contributed by atoms with van der Waals surface area (Å²) in [5.74, 6) is 0.844. The number of ether oxygens (including phenoxy) is 3. The van der Waals surface area contributed by atoms with Gasteiger partial charge in [0.15, 0.2) is 0 Å². The van der Waals surface area contributed by atoms with Crippen LogP contribution in [0.25, 0.3) is 5.57 Å². The summed E-state index contributed by atoms with van der Waals surface area (Å²) in [7, 11) is 3.21. The molecule has 7 heteroatoms. The fraction of sp³-hybridized carbons (Fsp3) is 0.550. The van der Waals surface area contributed by atoms with Gasteiger partial charge in [-0.25, -0.2) is 4.79 Å². The molecule has 1 aliphatic heterocycles. The molecule has 0 saturated carbocycles. The minimum atomic E-state index is -0.498. The Morgan fingerprint density at radius 2 is 1.74 bits per heavy atom. The van der Waals surface area contributed by atoms with Gasteiger partial charge in [0.2, 0.25) is 0 Å². The minimum Gasteiger partial charge on any atom is -0.504 e. The van der Waals surface area contributed by atoms with Crippen molar-refractivity contribution < 1.29 is 19.0 Å². The molecule has 2 rings (SSSR count). The van der Waals surface area contributed by atoms with Gasteiger partial charge < -0.3 is 19.1 Å². The molecule has 0 aliphatic carbocycles. The SMILES string of the molecule is COC=C(c1cc(Cl)c(Cl)cc1OC)C1CCN(C(=O)OC(C)(C)C)CC1. The van der Waals surface area contributed by atoms with Crippen molar-refractivity contribution in [3.05, 3.63) is 34.0 Å². The molecule has 0 atom stereocenters. The molecule has 150 valence electrons. The number of likely N-dealkylation sites (tertiary alicyclic amines) is 1. The van der Waals surface area contributed by atoms with E-state index in [1.165, 1.54) is 0 Å². The smallest absolute Gasteiger partial charge is 0.410 e. The number of piperidine rings is 1. The number of nitrogens with zero attached hydrogens (tertiary/aromatic N) is 1. The third-order valence-corrected chi connectivity index (χ3v) is 5.11. The van der Waals surface area contributed by atoms with Gasteiger partial charge in [-0.1, -0.05) is 23.2 Å². The Kier molecular flexibility index (Phi) is 7.29. The van der Waals surface area contributed by atoms with Crippen molar-refractivity contribution in [1.29, 1.82) is 0 Å². The lowest BCUT2D eigenvalue weighted by Gasteiger charge is -2.34. The van der Waals surface area contributed by atoms with Gasteiger partial charge in [-0.05, 0) is 45.6 Å². The Bertz CT molecular complexity index is 705. The van der Waals surface area contributed by atoms with Crippen LogP contribution in [0.5, 0.6) is 5.75 Å². The molecule has 5 nitrogen and oxygen atoms in total. The normalized spacial score (nSPS) is 16.3. The Hall–Kier alpha value is -1.59. The van der Waals surface area contributed by atoms with Gasteiger partial charge in [-0.15, -0.1) is 0 Å². The van der Waals surface area contributed by atoms with E-state index >= 15 is 0 Å². The zero-order valence-electron chi connectivity index (χ0n) is 16.5. The van der Waals surface area contributed by atoms with Gasteiger partial charge in [0.25, 0.3) is 0 Å². The molecule has 0 bridgehead atoms. The number of benzene rings is 1. The summed E-state index contributed by atoms with van der Waals surface area (Å²) in [6, 6.07) is 3.51. The highest BCUT2D eigenvalue weighted by molar-refractivity contribution is 6.42. The van der Waals surface area contributed by atoms with E-state index in [0.29, 0.717) is 28.9 Å². The van der Waals surface area contributed by atoms with Crippen LogP contribution in [-0.2, 0) is 9.47 Å². The standard InChI is InChI=1S/C20H27Cl2NO4/c1-20(2,3)27-19(24)23-8-6-13(7-9-23)15(12-25-4)14-10-16(21)17(22)11-18(14)26-5/h10-13H,6-9H2,1-5H3. The number of hydrogen-bond donors (Lipinski definition) is 0. The number of halogens is 2. The first-order chi connectivity index (χ1) is 12.7. The quantitative estimate of drug-likeness (QED) is 0.597. The van der Waals surface area contributed by atoms with E-state index in [1.807, 2.05) is 20.8 Å². The molecular weight excluding hydrogens is 389 g/mol. The summed E-state index contributed by atoms with van der Waals surface area (Å²) < 4.78 is 16.3. The van der Waals surface area contributed by atoms with Crippen molar-refractivity contribution in [2.45, 2.75) is 39.2 Å². The highest BCUT2D eigenvalue weighted by Gasteiger charge is 2.30. The second kappa shape index (κ2) is 9.07. The Balaban J connectivity index is 2.18. The Labute approximate surface area is 171 Å². The first kappa shape index (κ1) is 21.7. The minimum absolute atomic E-state index is 0.203. The average Bonchev–Trinajstić information content (AvgIpc) is 2.60. The van der Waals surface area contributed by atoms with Crippen molar-refractivity contribution in [1.82, 2.24) is 4.90 Å². The van der Waals surface area contributed by atoms with Crippen LogP contribution in [0.15, 0.2) is 18.4 Å². The Morgan fingerprint density at radius 3 is 2.26 bits per heavy atom. The molecule has 1 amide bonds. The topological polar surface area (TPSA) is 48.0 Å². The van der Waals surface area contributed by atoms with Crippen LogP contribution in [0.4, 0.5) is 4.79 Å². The van der Waals surface area contributed by atoms with E-state index in [1.54, 1.807) is 37.5 Å². The molecule has 1 aromatic rings. The van der Waals surface area contributed by atoms with Gasteiger partial charge in [0, 0.05) is 30.3 Å². The summed E-state index contributed by atoms with van der Waals surface area (Å²) in [6.45, 7) is 6.84. The first-order valence-corrected chi connectivity index (χ1v) is 9.66. The van der Waals surface area contributed by atoms with Crippen LogP contribution in [0.1, 0.15) is 39.2 Å². The first-order valence-electron chi connectivity index (χ1n) is 8.90. The van der Waals surface area contributed by atoms with Gasteiger partial charge in [0.05, 0.1) is 30.5 Å². The van der Waals surface area contributed by atoms with E-state index in [9.17, 15) is 4.79 Å². The fourth-order valence-corrected chi connectivity index (χ4v) is 3.45. The van der Waals surface area contributed by atoms with Crippen LogP contribution in [0.3, 0.4) is 0 Å². The lowest BCUT2D eigenvalue weighted by atomic mass is 9.85. The van der Waals surface area contributed by atoms with Gasteiger partial charge in [-0.2, -0.15) is 0 Å². The molecule has 0 aromatic heterocycles. The molecular formula is C20H27Cl2NO4. The molecule has 0 spiro atoms. The van der Waals surface area contributed by atoms with Crippen LogP contribution in [0, 0.1) is 5.92 Å². The maximum Gasteiger partial charge on any atom is 0.410 e. The zero-order valence-corrected chi connectivity index (χ0v) is 18.0. The van der Waals surface area contributed by atoms with Gasteiger partial charge >= 0.3 is 6.09 Å². The molecule has 0 unspecified atom stereocenters. The number of methoxy groups -OCH3 is 2. The maximum absolute atomic E-state index is 12.3. The third-order valence-electron chi connectivity index (χ3n) is 4.38. The van der Waals surface area contributed by atoms with Crippen LogP contribution < -0.4 is 4.74 Å². The second-order valence-electron chi connectivity index (χ2n) is 7.52. The van der Waals surface area contributed by atoms with Crippen LogP contribution >= 0.6 is 23.2 Å². The number of rotatable bonds is 4. The monoisotopic (exact) mass is 415 g/mol. The number of amides is 1. The average molecular weight is 416 g/mol. The van der Waals surface area contributed by atoms with Crippen LogP contribution in [0.2, 0.25) is 10.0 Å². The summed E-state index contributed by atoms with van der Waals surface area (Å²) in [4.78, 5) is 14.0. The van der Waals surface area contributed by atoms with E-state index in [0.717, 1.165) is 24.0 Å². The van der Waals surface area contributed by atoms with E-state index in [4.69, 9.17) is 37.4 Å². The summed E-state index contributed by atoms with van der Waals surface area (Å²) in [5.41, 5.74) is 1.34. The number of hydrogen-bond acceptors (Lipinski definition) is 4. The van der Waals surface area contributed by atoms with Crippen molar-refractivity contribution in [3.63, 3.8) is 0 Å². The summed E-state index contributed by atoms with van der Waals surface area (Å²) >= 11 is 12.3. The number of allylic oxidation sites excluding steroid dienone is 1. The fourth-order valence-electron chi connectivity index (χ4n) is 3.13. The zero-order chi connectivity index (χ0) is 20.2. The van der Waals surface area contributed by atoms with Crippen molar-refractivity contribution in [3.8, 4) is 5.75 Å². The van der Waals surface area contributed by atoms with E-state index in [-0.39, 0.29) is 12.0 Å². The molecule has 1 aliphatic rings. The summed E-state index contributed by atoms with van der Waals surface area (Å²) in [6.07, 6.45) is 3.02. The van der Waals surface area contributed by atoms with E-state index in [2.05, 4.69) is 0 Å². The van der Waals surface area contributed by atoms with Crippen molar-refractivity contribution >= 4 is 34.9 Å². The van der Waals surface area contributed by atoms with Gasteiger partial charge in [0.1, 0.15) is 11.4 Å². The largest absolute Gasteiger partial charge is 0.504 e. The molecule has 1 aromatic carbocycles. The third kappa shape index (κ3) is 5.69. The maximum atomic E-state index is 12.3. The highest BCUT2D eigenvalue weighted by Crippen LogP contribution is 2.40. The lowest BCUT2D eigenvalue weighted by molar-refractivity contribution is 0.0199. The number of carbonyl (C=O) groups is 1. The highest BCUT2D eigenvalue weighted by atomic mass is 35.5. The molecule has 1 saturated heterocycles. The van der Waals surface area contributed by atoms with Crippen molar-refractivity contribution in [2.24, 2.45) is 5.92 Å². The molecule has 1 heterocycles. The van der Waals surface area contributed by atoms with Gasteiger partial charge in [-0.3, -0.25) is 0 Å². The number of carbonyl (C=O) groups excluding carboxylic acids is 1. The molecule has 0 N–H and O–H groups in total. The second-order valence-corrected chi connectivity index (χ2v) is 8.33. The Morgan fingerprint density at radius 1 is 1.15 bits per heavy atom. The lowest BCUT2D eigenvalue weighted by Crippen LogP contribution is -2.41.